The van der Waals surface area contributed by atoms with Crippen molar-refractivity contribution in [3.8, 4) is 22.3 Å². The molecular weight excluding hydrogens is 635 g/mol. The maximum Gasteiger partial charge on any atom is 0.135 e. The van der Waals surface area contributed by atoms with Crippen molar-refractivity contribution in [3.63, 3.8) is 0 Å². The smallest absolute Gasteiger partial charge is 0.135 e. The molecule has 4 heteroatoms. The zero-order valence-corrected chi connectivity index (χ0v) is 29.7. The Morgan fingerprint density at radius 1 is 0.673 bits per heavy atom. The molecule has 1 aromatic heterocycles. The van der Waals surface area contributed by atoms with Crippen LogP contribution in [0.4, 0.5) is 5.69 Å². The van der Waals surface area contributed by atoms with E-state index in [9.17, 15) is 0 Å². The summed E-state index contributed by atoms with van der Waals surface area (Å²) in [5, 5.41) is 5.94. The van der Waals surface area contributed by atoms with Gasteiger partial charge >= 0.3 is 0 Å². The Morgan fingerprint density at radius 2 is 1.42 bits per heavy atom. The van der Waals surface area contributed by atoms with Crippen LogP contribution in [0.2, 0.25) is 0 Å². The van der Waals surface area contributed by atoms with Crippen molar-refractivity contribution in [2.24, 2.45) is 4.99 Å². The van der Waals surface area contributed by atoms with Gasteiger partial charge in [0.15, 0.2) is 0 Å². The Balaban J connectivity index is 1.13. The lowest BCUT2D eigenvalue weighted by atomic mass is 9.80. The van der Waals surface area contributed by atoms with Gasteiger partial charge in [0, 0.05) is 62.9 Å². The largest absolute Gasteiger partial charge is 0.456 e. The summed E-state index contributed by atoms with van der Waals surface area (Å²) in [6, 6.07) is 48.1. The van der Waals surface area contributed by atoms with Gasteiger partial charge in [-0.05, 0) is 88.3 Å². The molecule has 3 aliphatic rings. The molecule has 0 fully saturated rings. The molecule has 4 nitrogen and oxygen atoms in total. The van der Waals surface area contributed by atoms with E-state index in [0.29, 0.717) is 6.54 Å². The van der Waals surface area contributed by atoms with Crippen LogP contribution in [0.25, 0.3) is 49.9 Å². The number of aliphatic imine (C=N–C) groups is 1. The fraction of sp³-hybridized carbons (Fsp3) is 0.146. The first-order valence-corrected chi connectivity index (χ1v) is 18.4. The second kappa shape index (κ2) is 11.7. The number of para-hydroxylation sites is 2. The molecule has 0 spiro atoms. The third kappa shape index (κ3) is 4.64. The van der Waals surface area contributed by atoms with Crippen molar-refractivity contribution in [1.82, 2.24) is 5.32 Å². The first-order valence-electron chi connectivity index (χ1n) is 18.4. The van der Waals surface area contributed by atoms with E-state index in [0.717, 1.165) is 57.6 Å². The van der Waals surface area contributed by atoms with Gasteiger partial charge in [0.1, 0.15) is 17.0 Å². The molecule has 0 bridgehead atoms. The summed E-state index contributed by atoms with van der Waals surface area (Å²) in [7, 11) is 0. The zero-order valence-electron chi connectivity index (χ0n) is 29.7. The second-order valence-corrected chi connectivity index (χ2v) is 14.6. The first kappa shape index (κ1) is 30.7. The van der Waals surface area contributed by atoms with Crippen LogP contribution in [-0.4, -0.2) is 12.4 Å². The molecule has 7 aromatic rings. The highest BCUT2D eigenvalue weighted by molar-refractivity contribution is 6.10. The molecule has 52 heavy (non-hydrogen) atoms. The minimum atomic E-state index is -0.0472. The lowest BCUT2D eigenvalue weighted by Crippen LogP contribution is -2.31. The lowest BCUT2D eigenvalue weighted by Gasteiger charge is -2.37. The van der Waals surface area contributed by atoms with E-state index in [1.807, 2.05) is 12.1 Å². The Labute approximate surface area is 304 Å². The number of anilines is 1. The topological polar surface area (TPSA) is 40.8 Å². The number of amidine groups is 1. The van der Waals surface area contributed by atoms with Gasteiger partial charge in [0.25, 0.3) is 0 Å². The van der Waals surface area contributed by atoms with Crippen LogP contribution in [0.3, 0.4) is 0 Å². The van der Waals surface area contributed by atoms with Gasteiger partial charge in [-0.2, -0.15) is 0 Å². The fourth-order valence-electron chi connectivity index (χ4n) is 8.79. The average Bonchev–Trinajstić information content (AvgIpc) is 3.65. The molecule has 0 saturated heterocycles. The maximum atomic E-state index is 6.17. The number of furan rings is 1. The van der Waals surface area contributed by atoms with Crippen LogP contribution in [0.15, 0.2) is 160 Å². The molecule has 2 aliphatic heterocycles. The number of fused-ring (bicyclic) bond motifs is 9. The van der Waals surface area contributed by atoms with E-state index in [1.54, 1.807) is 0 Å². The number of rotatable bonds is 4. The number of hydrogen-bond donors (Lipinski definition) is 1. The molecule has 252 valence electrons. The van der Waals surface area contributed by atoms with Gasteiger partial charge in [-0.15, -0.1) is 0 Å². The van der Waals surface area contributed by atoms with Crippen LogP contribution in [-0.2, 0) is 12.0 Å². The normalized spacial score (nSPS) is 15.9. The maximum absolute atomic E-state index is 6.17. The minimum Gasteiger partial charge on any atom is -0.456 e. The summed E-state index contributed by atoms with van der Waals surface area (Å²) in [5.41, 5.74) is 18.0. The minimum absolute atomic E-state index is 0.0472. The Kier molecular flexibility index (Phi) is 6.91. The average molecular weight is 674 g/mol. The van der Waals surface area contributed by atoms with E-state index >= 15 is 0 Å². The first-order chi connectivity index (χ1) is 25.5. The van der Waals surface area contributed by atoms with Crippen LogP contribution in [0, 0.1) is 0 Å². The second-order valence-electron chi connectivity index (χ2n) is 14.6. The van der Waals surface area contributed by atoms with Gasteiger partial charge < -0.3 is 14.6 Å². The van der Waals surface area contributed by atoms with E-state index in [2.05, 4.69) is 158 Å². The van der Waals surface area contributed by atoms with Crippen molar-refractivity contribution < 1.29 is 4.42 Å². The third-order valence-corrected chi connectivity index (χ3v) is 11.3. The van der Waals surface area contributed by atoms with E-state index < -0.39 is 0 Å². The predicted molar refractivity (Wildman–Crippen MR) is 216 cm³/mol. The van der Waals surface area contributed by atoms with Gasteiger partial charge in [-0.1, -0.05) is 112 Å². The molecular formula is C48H39N3O. The summed E-state index contributed by atoms with van der Waals surface area (Å²) in [4.78, 5) is 8.05. The molecule has 0 radical (unpaired) electrons. The number of nitrogens with one attached hydrogen (secondary N) is 1. The standard InChI is InChI=1S/C48H39N3O/c1-4-33-43(51-29-32-27-38-34-16-8-11-19-40(34)48(2,3)41(38)28-37(32)35-17-9-12-20-42(35)51)24-25-49-47(50-46(33)30-14-6-5-7-15-30)31-22-23-45-39(26-31)36-18-10-13-21-44(36)52-45/h5-24,26-28H,4,25,29H2,1-3H3,(H,49,50). The monoisotopic (exact) mass is 673 g/mol. The highest BCUT2D eigenvalue weighted by Crippen LogP contribution is 2.53. The third-order valence-electron chi connectivity index (χ3n) is 11.3. The fourth-order valence-corrected chi connectivity index (χ4v) is 8.79. The summed E-state index contributed by atoms with van der Waals surface area (Å²) < 4.78 is 6.17. The van der Waals surface area contributed by atoms with Gasteiger partial charge in [-0.25, -0.2) is 4.99 Å². The lowest BCUT2D eigenvalue weighted by molar-refractivity contribution is 0.660. The Hall–Kier alpha value is -6.13. The van der Waals surface area contributed by atoms with Crippen LogP contribution in [0.1, 0.15) is 55.0 Å². The van der Waals surface area contributed by atoms with Crippen LogP contribution < -0.4 is 10.2 Å². The van der Waals surface area contributed by atoms with Gasteiger partial charge in [-0.3, -0.25) is 0 Å². The molecule has 0 saturated carbocycles. The molecule has 0 amide bonds. The highest BCUT2D eigenvalue weighted by Gasteiger charge is 2.37. The molecule has 1 N–H and O–H groups in total. The molecule has 10 rings (SSSR count). The summed E-state index contributed by atoms with van der Waals surface area (Å²) in [6.07, 6.45) is 3.20. The summed E-state index contributed by atoms with van der Waals surface area (Å²) in [6.45, 7) is 8.41. The van der Waals surface area contributed by atoms with Crippen LogP contribution >= 0.6 is 0 Å². The van der Waals surface area contributed by atoms with Crippen molar-refractivity contribution in [3.05, 3.63) is 179 Å². The number of allylic oxidation sites excluding steroid dienone is 1. The quantitative estimate of drug-likeness (QED) is 0.202. The van der Waals surface area contributed by atoms with E-state index in [4.69, 9.17) is 9.41 Å². The van der Waals surface area contributed by atoms with Gasteiger partial charge in [0.05, 0.1) is 5.70 Å². The summed E-state index contributed by atoms with van der Waals surface area (Å²) >= 11 is 0. The van der Waals surface area contributed by atoms with Crippen molar-refractivity contribution in [2.75, 3.05) is 11.4 Å². The van der Waals surface area contributed by atoms with E-state index in [-0.39, 0.29) is 5.41 Å². The van der Waals surface area contributed by atoms with Crippen molar-refractivity contribution in [2.45, 2.75) is 39.2 Å². The van der Waals surface area contributed by atoms with Crippen molar-refractivity contribution in [1.29, 1.82) is 0 Å². The molecule has 1 aliphatic carbocycles. The number of hydrogen-bond acceptors (Lipinski definition) is 4. The predicted octanol–water partition coefficient (Wildman–Crippen LogP) is 11.6. The summed E-state index contributed by atoms with van der Waals surface area (Å²) in [5.74, 6) is 0.855. The molecule has 3 heterocycles. The zero-order chi connectivity index (χ0) is 35.0. The number of nitrogens with zero attached hydrogens (tertiary/aromatic N) is 2. The molecule has 6 aromatic carbocycles. The van der Waals surface area contributed by atoms with Crippen LogP contribution in [0.5, 0.6) is 0 Å². The van der Waals surface area contributed by atoms with Gasteiger partial charge in [0.2, 0.25) is 0 Å². The SMILES string of the molecule is CCC1=C(c2ccccc2)N=C(c2ccc3oc4ccccc4c3c2)NCC=C1N1Cc2cc3c(cc2-c2ccccc21)C(C)(C)c1ccccc1-3. The highest BCUT2D eigenvalue weighted by atomic mass is 16.3. The van der Waals surface area contributed by atoms with E-state index in [1.165, 1.54) is 55.9 Å². The Morgan fingerprint density at radius 3 is 2.29 bits per heavy atom. The number of benzene rings is 6. The molecule has 0 unspecified atom stereocenters. The Bertz CT molecular complexity index is 2670. The molecule has 0 atom stereocenters. The van der Waals surface area contributed by atoms with Crippen molar-refractivity contribution >= 4 is 39.2 Å².